The van der Waals surface area contributed by atoms with Crippen LogP contribution in [0.5, 0.6) is 0 Å². The maximum atomic E-state index is 13.3. The average Bonchev–Trinajstić information content (AvgIpc) is 2.81. The third kappa shape index (κ3) is 5.72. The summed E-state index contributed by atoms with van der Waals surface area (Å²) >= 11 is 0. The van der Waals surface area contributed by atoms with Crippen molar-refractivity contribution < 1.29 is 4.79 Å². The van der Waals surface area contributed by atoms with E-state index in [9.17, 15) is 4.79 Å². The molecule has 0 spiro atoms. The fraction of sp³-hybridized carbons (Fsp3) is 0.536. The van der Waals surface area contributed by atoms with Crippen molar-refractivity contribution in [3.05, 3.63) is 71.8 Å². The lowest BCUT2D eigenvalue weighted by molar-refractivity contribution is -0.00409. The van der Waals surface area contributed by atoms with Crippen molar-refractivity contribution in [3.8, 4) is 0 Å². The molecule has 2 heterocycles. The van der Waals surface area contributed by atoms with E-state index in [-0.39, 0.29) is 11.6 Å². The first kappa shape index (κ1) is 22.8. The summed E-state index contributed by atoms with van der Waals surface area (Å²) < 4.78 is 0. The lowest BCUT2D eigenvalue weighted by Gasteiger charge is -2.53. The summed E-state index contributed by atoms with van der Waals surface area (Å²) in [5, 5.41) is 3.21. The molecule has 172 valence electrons. The molecule has 0 aromatic heterocycles. The smallest absolute Gasteiger partial charge is 0.317 e. The Morgan fingerprint density at radius 1 is 0.938 bits per heavy atom. The standard InChI is InChI=1S/C28H39N3O/c1-28(2)21-26(30-18-10-5-11-19-30)25(20-24-14-8-4-9-15-24)22-31(28)27(32)29-17-16-23-12-6-3-7-13-23/h3-4,6-9,12-15,25-26H,5,10-11,16-22H2,1-2H3,(H,29,32). The van der Waals surface area contributed by atoms with Gasteiger partial charge < -0.3 is 10.2 Å². The van der Waals surface area contributed by atoms with Crippen molar-refractivity contribution >= 4 is 6.03 Å². The molecule has 32 heavy (non-hydrogen) atoms. The number of carbonyl (C=O) groups excluding carboxylic acids is 1. The second-order valence-electron chi connectivity index (χ2n) is 10.2. The zero-order chi connectivity index (χ0) is 22.4. The van der Waals surface area contributed by atoms with E-state index in [0.29, 0.717) is 18.5 Å². The van der Waals surface area contributed by atoms with Gasteiger partial charge in [0.15, 0.2) is 0 Å². The molecule has 2 aromatic carbocycles. The number of nitrogens with one attached hydrogen (secondary N) is 1. The van der Waals surface area contributed by atoms with Gasteiger partial charge >= 0.3 is 6.03 Å². The number of hydrogen-bond acceptors (Lipinski definition) is 2. The summed E-state index contributed by atoms with van der Waals surface area (Å²) in [4.78, 5) is 18.1. The quantitative estimate of drug-likeness (QED) is 0.685. The number of nitrogens with zero attached hydrogens (tertiary/aromatic N) is 2. The number of piperidine rings is 2. The highest BCUT2D eigenvalue weighted by molar-refractivity contribution is 5.75. The molecule has 2 aromatic rings. The number of amides is 2. The van der Waals surface area contributed by atoms with Gasteiger partial charge in [0.2, 0.25) is 0 Å². The van der Waals surface area contributed by atoms with Crippen molar-refractivity contribution in [3.63, 3.8) is 0 Å². The molecule has 0 radical (unpaired) electrons. The van der Waals surface area contributed by atoms with E-state index in [4.69, 9.17) is 0 Å². The molecular formula is C28H39N3O. The fourth-order valence-corrected chi connectivity index (χ4v) is 5.60. The SMILES string of the molecule is CC1(C)CC(N2CCCCC2)C(Cc2ccccc2)CN1C(=O)NCCc1ccccc1. The maximum Gasteiger partial charge on any atom is 0.317 e. The van der Waals surface area contributed by atoms with E-state index in [1.807, 2.05) is 6.07 Å². The molecule has 0 bridgehead atoms. The predicted octanol–water partition coefficient (Wildman–Crippen LogP) is 5.14. The lowest BCUT2D eigenvalue weighted by Crippen LogP contribution is -2.63. The molecule has 0 saturated carbocycles. The fourth-order valence-electron chi connectivity index (χ4n) is 5.60. The Morgan fingerprint density at radius 3 is 2.22 bits per heavy atom. The van der Waals surface area contributed by atoms with Gasteiger partial charge in [-0.1, -0.05) is 67.1 Å². The second kappa shape index (κ2) is 10.5. The summed E-state index contributed by atoms with van der Waals surface area (Å²) in [7, 11) is 0. The molecule has 4 heteroatoms. The van der Waals surface area contributed by atoms with Crippen LogP contribution in [0.15, 0.2) is 60.7 Å². The normalized spacial score (nSPS) is 23.6. The molecule has 0 aliphatic carbocycles. The number of rotatable bonds is 6. The second-order valence-corrected chi connectivity index (χ2v) is 10.2. The van der Waals surface area contributed by atoms with E-state index >= 15 is 0 Å². The van der Waals surface area contributed by atoms with Crippen molar-refractivity contribution in [2.75, 3.05) is 26.2 Å². The molecule has 4 nitrogen and oxygen atoms in total. The summed E-state index contributed by atoms with van der Waals surface area (Å²) in [6.07, 6.45) is 6.90. The third-order valence-electron chi connectivity index (χ3n) is 7.38. The van der Waals surface area contributed by atoms with Gasteiger partial charge in [0.1, 0.15) is 0 Å². The molecule has 2 aliphatic heterocycles. The number of benzene rings is 2. The average molecular weight is 434 g/mol. The summed E-state index contributed by atoms with van der Waals surface area (Å²) in [6, 6.07) is 21.8. The monoisotopic (exact) mass is 433 g/mol. The van der Waals surface area contributed by atoms with Gasteiger partial charge in [-0.25, -0.2) is 4.79 Å². The van der Waals surface area contributed by atoms with Crippen molar-refractivity contribution in [2.45, 2.75) is 64.0 Å². The van der Waals surface area contributed by atoms with Crippen LogP contribution in [-0.4, -0.2) is 53.6 Å². The van der Waals surface area contributed by atoms with E-state index in [1.165, 1.54) is 43.5 Å². The predicted molar refractivity (Wildman–Crippen MR) is 132 cm³/mol. The number of likely N-dealkylation sites (tertiary alicyclic amines) is 2. The Kier molecular flexibility index (Phi) is 7.51. The molecule has 2 atom stereocenters. The summed E-state index contributed by atoms with van der Waals surface area (Å²) in [5.41, 5.74) is 2.49. The molecule has 1 N–H and O–H groups in total. The minimum Gasteiger partial charge on any atom is -0.338 e. The summed E-state index contributed by atoms with van der Waals surface area (Å²) in [6.45, 7) is 8.40. The summed E-state index contributed by atoms with van der Waals surface area (Å²) in [5.74, 6) is 0.461. The molecule has 2 unspecified atom stereocenters. The third-order valence-corrected chi connectivity index (χ3v) is 7.38. The molecular weight excluding hydrogens is 394 g/mol. The van der Waals surface area contributed by atoms with Crippen LogP contribution in [0.1, 0.15) is 50.7 Å². The highest BCUT2D eigenvalue weighted by Crippen LogP contribution is 2.36. The topological polar surface area (TPSA) is 35.6 Å². The van der Waals surface area contributed by atoms with Crippen LogP contribution in [0.3, 0.4) is 0 Å². The molecule has 4 rings (SSSR count). The van der Waals surface area contributed by atoms with Gasteiger partial charge in [-0.3, -0.25) is 4.90 Å². The Labute approximate surface area is 194 Å². The Balaban J connectivity index is 1.45. The van der Waals surface area contributed by atoms with Crippen LogP contribution in [-0.2, 0) is 12.8 Å². The van der Waals surface area contributed by atoms with Crippen molar-refractivity contribution in [1.82, 2.24) is 15.1 Å². The Hall–Kier alpha value is -2.33. The van der Waals surface area contributed by atoms with Crippen molar-refractivity contribution in [2.24, 2.45) is 5.92 Å². The van der Waals surface area contributed by atoms with E-state index in [2.05, 4.69) is 83.6 Å². The first-order valence-corrected chi connectivity index (χ1v) is 12.4. The van der Waals surface area contributed by atoms with Crippen molar-refractivity contribution in [1.29, 1.82) is 0 Å². The lowest BCUT2D eigenvalue weighted by atomic mass is 9.77. The largest absolute Gasteiger partial charge is 0.338 e. The zero-order valence-electron chi connectivity index (χ0n) is 19.8. The Morgan fingerprint density at radius 2 is 1.56 bits per heavy atom. The molecule has 2 fully saturated rings. The van der Waals surface area contributed by atoms with Crippen LogP contribution in [0.2, 0.25) is 0 Å². The number of urea groups is 1. The first-order chi connectivity index (χ1) is 15.5. The maximum absolute atomic E-state index is 13.3. The van der Waals surface area contributed by atoms with E-state index in [0.717, 1.165) is 25.8 Å². The highest BCUT2D eigenvalue weighted by Gasteiger charge is 2.44. The zero-order valence-corrected chi connectivity index (χ0v) is 19.8. The van der Waals surface area contributed by atoms with Gasteiger partial charge in [-0.2, -0.15) is 0 Å². The minimum absolute atomic E-state index is 0.0843. The Bertz CT molecular complexity index is 845. The molecule has 2 saturated heterocycles. The number of hydrogen-bond donors (Lipinski definition) is 1. The minimum atomic E-state index is -0.147. The van der Waals surface area contributed by atoms with Gasteiger partial charge in [-0.15, -0.1) is 0 Å². The van der Waals surface area contributed by atoms with Gasteiger partial charge in [0, 0.05) is 24.7 Å². The molecule has 2 amide bonds. The highest BCUT2D eigenvalue weighted by atomic mass is 16.2. The number of carbonyl (C=O) groups is 1. The van der Waals surface area contributed by atoms with E-state index < -0.39 is 0 Å². The van der Waals surface area contributed by atoms with Gasteiger partial charge in [0.05, 0.1) is 0 Å². The van der Waals surface area contributed by atoms with Gasteiger partial charge in [0.25, 0.3) is 0 Å². The van der Waals surface area contributed by atoms with Crippen LogP contribution in [0, 0.1) is 5.92 Å². The van der Waals surface area contributed by atoms with Gasteiger partial charge in [-0.05, 0) is 76.1 Å². The first-order valence-electron chi connectivity index (χ1n) is 12.4. The molecule has 2 aliphatic rings. The van der Waals surface area contributed by atoms with Crippen LogP contribution >= 0.6 is 0 Å². The van der Waals surface area contributed by atoms with Crippen LogP contribution in [0.4, 0.5) is 4.79 Å². The van der Waals surface area contributed by atoms with Crippen LogP contribution < -0.4 is 5.32 Å². The van der Waals surface area contributed by atoms with E-state index in [1.54, 1.807) is 0 Å². The van der Waals surface area contributed by atoms with Crippen LogP contribution in [0.25, 0.3) is 0 Å².